The number of anilines is 1. The quantitative estimate of drug-likeness (QED) is 0.532. The molecular formula is C20H21NO5. The second kappa shape index (κ2) is 9.36. The number of hydrogen-bond acceptors (Lipinski definition) is 4. The number of rotatable bonds is 9. The minimum absolute atomic E-state index is 0.00333. The second-order valence-electron chi connectivity index (χ2n) is 5.81. The van der Waals surface area contributed by atoms with E-state index in [-0.39, 0.29) is 24.5 Å². The first kappa shape index (κ1) is 19.2. The molecule has 0 heterocycles. The Bertz CT molecular complexity index is 783. The number of amides is 1. The van der Waals surface area contributed by atoms with Crippen molar-refractivity contribution >= 4 is 23.3 Å². The molecule has 0 aliphatic carbocycles. The van der Waals surface area contributed by atoms with Crippen LogP contribution in [0.1, 0.15) is 35.7 Å². The highest BCUT2D eigenvalue weighted by atomic mass is 16.5. The van der Waals surface area contributed by atoms with Gasteiger partial charge in [-0.1, -0.05) is 18.2 Å². The van der Waals surface area contributed by atoms with Gasteiger partial charge in [-0.25, -0.2) is 0 Å². The van der Waals surface area contributed by atoms with E-state index in [1.807, 2.05) is 0 Å². The van der Waals surface area contributed by atoms with Gasteiger partial charge in [0.25, 0.3) is 0 Å². The lowest BCUT2D eigenvalue weighted by Gasteiger charge is -2.10. The molecule has 0 bridgehead atoms. The van der Waals surface area contributed by atoms with Crippen molar-refractivity contribution in [2.24, 2.45) is 0 Å². The summed E-state index contributed by atoms with van der Waals surface area (Å²) in [5, 5.41) is 11.6. The van der Waals surface area contributed by atoms with Crippen LogP contribution in [0.2, 0.25) is 0 Å². The van der Waals surface area contributed by atoms with Crippen molar-refractivity contribution in [1.29, 1.82) is 0 Å². The van der Waals surface area contributed by atoms with Crippen molar-refractivity contribution in [1.82, 2.24) is 0 Å². The number of carboxylic acids is 1. The number of carboxylic acid groups (broad SMARTS) is 1. The zero-order valence-corrected chi connectivity index (χ0v) is 14.5. The molecule has 0 radical (unpaired) electrons. The maximum Gasteiger partial charge on any atom is 0.307 e. The SMILES string of the molecule is CC(=O)c1ccc(OCCCC(=O)Nc2ccccc2CC(=O)O)cc1. The van der Waals surface area contributed by atoms with E-state index in [4.69, 9.17) is 9.84 Å². The lowest BCUT2D eigenvalue weighted by atomic mass is 10.1. The fourth-order valence-electron chi connectivity index (χ4n) is 2.38. The molecule has 1 amide bonds. The average Bonchev–Trinajstić information content (AvgIpc) is 2.60. The Morgan fingerprint density at radius 2 is 1.73 bits per heavy atom. The van der Waals surface area contributed by atoms with Crippen molar-refractivity contribution in [2.75, 3.05) is 11.9 Å². The maximum absolute atomic E-state index is 12.0. The molecule has 0 aromatic heterocycles. The third-order valence-electron chi connectivity index (χ3n) is 3.71. The van der Waals surface area contributed by atoms with Gasteiger partial charge in [0.15, 0.2) is 5.78 Å². The highest BCUT2D eigenvalue weighted by Crippen LogP contribution is 2.17. The largest absolute Gasteiger partial charge is 0.494 e. The molecule has 6 nitrogen and oxygen atoms in total. The van der Waals surface area contributed by atoms with E-state index in [1.54, 1.807) is 48.5 Å². The number of ether oxygens (including phenoxy) is 1. The summed E-state index contributed by atoms with van der Waals surface area (Å²) in [4.78, 5) is 34.1. The zero-order chi connectivity index (χ0) is 18.9. The molecule has 2 rings (SSSR count). The van der Waals surface area contributed by atoms with Crippen LogP contribution < -0.4 is 10.1 Å². The third-order valence-corrected chi connectivity index (χ3v) is 3.71. The molecule has 0 aliphatic rings. The third kappa shape index (κ3) is 6.05. The van der Waals surface area contributed by atoms with Crippen molar-refractivity contribution < 1.29 is 24.2 Å². The van der Waals surface area contributed by atoms with Crippen molar-refractivity contribution in [2.45, 2.75) is 26.2 Å². The number of benzene rings is 2. The fraction of sp³-hybridized carbons (Fsp3) is 0.250. The molecule has 0 unspecified atom stereocenters. The number of hydrogen-bond donors (Lipinski definition) is 2. The summed E-state index contributed by atoms with van der Waals surface area (Å²) < 4.78 is 5.55. The number of ketones is 1. The summed E-state index contributed by atoms with van der Waals surface area (Å²) >= 11 is 0. The van der Waals surface area contributed by atoms with Gasteiger partial charge in [-0.2, -0.15) is 0 Å². The van der Waals surface area contributed by atoms with Gasteiger partial charge < -0.3 is 15.2 Å². The Balaban J connectivity index is 1.77. The Kier molecular flexibility index (Phi) is 6.91. The monoisotopic (exact) mass is 355 g/mol. The number of Topliss-reactive ketones (excluding diaryl/α,β-unsaturated/α-hetero) is 1. The van der Waals surface area contributed by atoms with Crippen molar-refractivity contribution in [3.05, 3.63) is 59.7 Å². The Hall–Kier alpha value is -3.15. The number of aliphatic carboxylic acids is 1. The Labute approximate surface area is 151 Å². The number of para-hydroxylation sites is 1. The number of nitrogens with one attached hydrogen (secondary N) is 1. The fourth-order valence-corrected chi connectivity index (χ4v) is 2.38. The molecule has 6 heteroatoms. The predicted molar refractivity (Wildman–Crippen MR) is 97.6 cm³/mol. The minimum Gasteiger partial charge on any atom is -0.494 e. The van der Waals surface area contributed by atoms with Gasteiger partial charge in [-0.05, 0) is 49.2 Å². The van der Waals surface area contributed by atoms with E-state index in [0.29, 0.717) is 35.6 Å². The zero-order valence-electron chi connectivity index (χ0n) is 14.5. The average molecular weight is 355 g/mol. The van der Waals surface area contributed by atoms with Gasteiger partial charge in [-0.3, -0.25) is 14.4 Å². The first-order valence-electron chi connectivity index (χ1n) is 8.29. The maximum atomic E-state index is 12.0. The molecule has 2 N–H and O–H groups in total. The lowest BCUT2D eigenvalue weighted by molar-refractivity contribution is -0.136. The van der Waals surface area contributed by atoms with Gasteiger partial charge in [-0.15, -0.1) is 0 Å². The predicted octanol–water partition coefficient (Wildman–Crippen LogP) is 3.31. The topological polar surface area (TPSA) is 92.7 Å². The second-order valence-corrected chi connectivity index (χ2v) is 5.81. The van der Waals surface area contributed by atoms with Crippen LogP contribution >= 0.6 is 0 Å². The van der Waals surface area contributed by atoms with Crippen LogP contribution in [0, 0.1) is 0 Å². The minimum atomic E-state index is -0.948. The lowest BCUT2D eigenvalue weighted by Crippen LogP contribution is -2.15. The van der Waals surface area contributed by atoms with Crippen LogP contribution in [0.15, 0.2) is 48.5 Å². The molecular weight excluding hydrogens is 334 g/mol. The smallest absolute Gasteiger partial charge is 0.307 e. The molecule has 0 aliphatic heterocycles. The molecule has 0 atom stereocenters. The molecule has 26 heavy (non-hydrogen) atoms. The first-order valence-corrected chi connectivity index (χ1v) is 8.29. The van der Waals surface area contributed by atoms with Gasteiger partial charge in [0.1, 0.15) is 5.75 Å². The molecule has 136 valence electrons. The van der Waals surface area contributed by atoms with Crippen molar-refractivity contribution in [3.8, 4) is 5.75 Å². The van der Waals surface area contributed by atoms with Gasteiger partial charge in [0, 0.05) is 17.7 Å². The van der Waals surface area contributed by atoms with E-state index >= 15 is 0 Å². The first-order chi connectivity index (χ1) is 12.5. The van der Waals surface area contributed by atoms with Gasteiger partial charge in [0.2, 0.25) is 5.91 Å². The van der Waals surface area contributed by atoms with Gasteiger partial charge >= 0.3 is 5.97 Å². The number of carbonyl (C=O) groups is 3. The van der Waals surface area contributed by atoms with Crippen LogP contribution in [0.25, 0.3) is 0 Å². The van der Waals surface area contributed by atoms with Crippen LogP contribution in [0.4, 0.5) is 5.69 Å². The van der Waals surface area contributed by atoms with Crippen LogP contribution in [-0.4, -0.2) is 29.4 Å². The van der Waals surface area contributed by atoms with Crippen LogP contribution in [-0.2, 0) is 16.0 Å². The molecule has 0 spiro atoms. The molecule has 0 saturated carbocycles. The molecule has 2 aromatic rings. The van der Waals surface area contributed by atoms with E-state index < -0.39 is 5.97 Å². The van der Waals surface area contributed by atoms with E-state index in [1.165, 1.54) is 6.92 Å². The summed E-state index contributed by atoms with van der Waals surface area (Å²) in [6.45, 7) is 1.87. The summed E-state index contributed by atoms with van der Waals surface area (Å²) in [7, 11) is 0. The highest BCUT2D eigenvalue weighted by Gasteiger charge is 2.09. The number of carbonyl (C=O) groups excluding carboxylic acids is 2. The van der Waals surface area contributed by atoms with E-state index in [0.717, 1.165) is 0 Å². The summed E-state index contributed by atoms with van der Waals surface area (Å²) in [5.41, 5.74) is 1.70. The van der Waals surface area contributed by atoms with Gasteiger partial charge in [0.05, 0.1) is 13.0 Å². The normalized spacial score (nSPS) is 10.2. The highest BCUT2D eigenvalue weighted by molar-refractivity contribution is 5.94. The summed E-state index contributed by atoms with van der Waals surface area (Å²) in [5.74, 6) is -0.507. The molecule has 0 saturated heterocycles. The van der Waals surface area contributed by atoms with Crippen LogP contribution in [0.3, 0.4) is 0 Å². The van der Waals surface area contributed by atoms with E-state index in [9.17, 15) is 14.4 Å². The van der Waals surface area contributed by atoms with Crippen molar-refractivity contribution in [3.63, 3.8) is 0 Å². The Morgan fingerprint density at radius 3 is 2.38 bits per heavy atom. The van der Waals surface area contributed by atoms with E-state index in [2.05, 4.69) is 5.32 Å². The van der Waals surface area contributed by atoms with Crippen LogP contribution in [0.5, 0.6) is 5.75 Å². The standard InChI is InChI=1S/C20H21NO5/c1-14(22)15-8-10-17(11-9-15)26-12-4-7-19(23)21-18-6-3-2-5-16(18)13-20(24)25/h2-3,5-6,8-11H,4,7,12-13H2,1H3,(H,21,23)(H,24,25). The Morgan fingerprint density at radius 1 is 1.04 bits per heavy atom. The summed E-state index contributed by atoms with van der Waals surface area (Å²) in [6.07, 6.45) is 0.629. The summed E-state index contributed by atoms with van der Waals surface area (Å²) in [6, 6.07) is 13.7. The molecule has 2 aromatic carbocycles. The molecule has 0 fully saturated rings.